The van der Waals surface area contributed by atoms with Crippen molar-refractivity contribution in [3.8, 4) is 17.2 Å². The summed E-state index contributed by atoms with van der Waals surface area (Å²) < 4.78 is 24.5. The number of nitrogen functional groups attached to an aromatic ring is 1. The van der Waals surface area contributed by atoms with Crippen molar-refractivity contribution in [3.05, 3.63) is 30.4 Å². The smallest absolute Gasteiger partial charge is 0.203 e. The molecule has 2 aromatic heterocycles. The predicted octanol–water partition coefficient (Wildman–Crippen LogP) is 1.67. The van der Waals surface area contributed by atoms with E-state index in [9.17, 15) is 10.2 Å². The molecule has 0 bridgehead atoms. The quantitative estimate of drug-likeness (QED) is 0.312. The first-order valence-corrected chi connectivity index (χ1v) is 14.9. The van der Waals surface area contributed by atoms with E-state index < -0.39 is 24.5 Å². The Morgan fingerprint density at radius 2 is 1.67 bits per heavy atom. The molecule has 43 heavy (non-hydrogen) atoms. The van der Waals surface area contributed by atoms with E-state index in [0.29, 0.717) is 52.8 Å². The Hall–Kier alpha value is -3.23. The third-order valence-corrected chi connectivity index (χ3v) is 9.45. The molecule has 6 atom stereocenters. The number of fused-ring (bicyclic) bond motifs is 2. The number of hydrogen-bond donors (Lipinski definition) is 3. The standard InChI is InChI=1S/C30H43N7O6/c1-16(2)36(13-23-25(38)26(39)30(43-23)37-15-34-24-28(31)32-14-33-29(24)37)20-8-18-11-35(12-19(18)9-20)10-17-6-21(40-3)27(42-5)22(7-17)41-4/h6-7,14-16,18-20,23,25-26,30,38-39H,8-13H2,1-5H3,(H2,31,32,33)/t18?,19?,20?,23-,25-,26-,30-/m1/s1. The number of ether oxygens (including phenoxy) is 4. The van der Waals surface area contributed by atoms with E-state index in [2.05, 4.69) is 38.6 Å². The maximum Gasteiger partial charge on any atom is 0.203 e. The lowest BCUT2D eigenvalue weighted by Gasteiger charge is -2.36. The summed E-state index contributed by atoms with van der Waals surface area (Å²) in [5, 5.41) is 22.0. The van der Waals surface area contributed by atoms with Crippen LogP contribution >= 0.6 is 0 Å². The highest BCUT2D eigenvalue weighted by molar-refractivity contribution is 5.81. The van der Waals surface area contributed by atoms with Gasteiger partial charge in [-0.15, -0.1) is 0 Å². The van der Waals surface area contributed by atoms with Gasteiger partial charge in [-0.3, -0.25) is 14.4 Å². The second-order valence-electron chi connectivity index (χ2n) is 12.3. The minimum absolute atomic E-state index is 0.257. The van der Waals surface area contributed by atoms with Crippen LogP contribution in [0.15, 0.2) is 24.8 Å². The van der Waals surface area contributed by atoms with E-state index in [1.807, 2.05) is 12.1 Å². The first-order valence-electron chi connectivity index (χ1n) is 14.9. The van der Waals surface area contributed by atoms with Crippen molar-refractivity contribution in [3.63, 3.8) is 0 Å². The van der Waals surface area contributed by atoms with Crippen molar-refractivity contribution >= 4 is 17.0 Å². The zero-order valence-electron chi connectivity index (χ0n) is 25.5. The second kappa shape index (κ2) is 12.0. The third kappa shape index (κ3) is 5.48. The van der Waals surface area contributed by atoms with Crippen LogP contribution in [0.3, 0.4) is 0 Å². The van der Waals surface area contributed by atoms with Crippen molar-refractivity contribution in [2.45, 2.75) is 69.9 Å². The molecule has 4 heterocycles. The molecule has 1 aromatic carbocycles. The summed E-state index contributed by atoms with van der Waals surface area (Å²) in [5.74, 6) is 3.41. The number of nitrogens with two attached hydrogens (primary N) is 1. The van der Waals surface area contributed by atoms with Crippen LogP contribution in [0.5, 0.6) is 17.2 Å². The maximum atomic E-state index is 11.0. The van der Waals surface area contributed by atoms with Crippen LogP contribution in [0.1, 0.15) is 38.5 Å². The normalized spacial score (nSPS) is 29.2. The Kier molecular flexibility index (Phi) is 8.35. The van der Waals surface area contributed by atoms with Crippen LogP contribution in [0.25, 0.3) is 11.2 Å². The van der Waals surface area contributed by atoms with Crippen LogP contribution in [-0.2, 0) is 11.3 Å². The van der Waals surface area contributed by atoms with Gasteiger partial charge in [-0.1, -0.05) is 0 Å². The minimum atomic E-state index is -1.13. The average molecular weight is 598 g/mol. The average Bonchev–Trinajstić information content (AvgIpc) is 3.74. The molecule has 4 N–H and O–H groups in total. The van der Waals surface area contributed by atoms with Crippen molar-refractivity contribution in [1.82, 2.24) is 29.3 Å². The molecule has 234 valence electrons. The van der Waals surface area contributed by atoms with Crippen LogP contribution in [0.2, 0.25) is 0 Å². The summed E-state index contributed by atoms with van der Waals surface area (Å²) in [6, 6.07) is 4.70. The first-order chi connectivity index (χ1) is 20.7. The van der Waals surface area contributed by atoms with Gasteiger partial charge in [0.25, 0.3) is 0 Å². The van der Waals surface area contributed by atoms with Gasteiger partial charge in [-0.05, 0) is 56.2 Å². The van der Waals surface area contributed by atoms with Crippen LogP contribution in [0.4, 0.5) is 5.82 Å². The second-order valence-corrected chi connectivity index (χ2v) is 12.3. The Morgan fingerprint density at radius 3 is 2.28 bits per heavy atom. The van der Waals surface area contributed by atoms with Crippen LogP contribution in [0, 0.1) is 11.8 Å². The Morgan fingerprint density at radius 1 is 1.00 bits per heavy atom. The molecule has 2 saturated heterocycles. The fourth-order valence-corrected chi connectivity index (χ4v) is 7.41. The number of rotatable bonds is 10. The Balaban J connectivity index is 1.09. The molecule has 2 unspecified atom stereocenters. The number of aliphatic hydroxyl groups excluding tert-OH is 2. The number of nitrogens with zero attached hydrogens (tertiary/aromatic N) is 6. The van der Waals surface area contributed by atoms with Crippen molar-refractivity contribution < 1.29 is 29.2 Å². The van der Waals surface area contributed by atoms with Crippen molar-refractivity contribution in [2.75, 3.05) is 46.7 Å². The lowest BCUT2D eigenvalue weighted by atomic mass is 10.0. The fraction of sp³-hybridized carbons (Fsp3) is 0.633. The van der Waals surface area contributed by atoms with Crippen LogP contribution < -0.4 is 19.9 Å². The number of anilines is 1. The summed E-state index contributed by atoms with van der Waals surface area (Å²) in [6.45, 7) is 7.78. The topological polar surface area (TPSA) is 153 Å². The van der Waals surface area contributed by atoms with Crippen molar-refractivity contribution in [1.29, 1.82) is 0 Å². The molecule has 13 heteroatoms. The Bertz CT molecular complexity index is 1400. The summed E-state index contributed by atoms with van der Waals surface area (Å²) in [5.41, 5.74) is 7.98. The van der Waals surface area contributed by atoms with Gasteiger partial charge in [0, 0.05) is 38.3 Å². The van der Waals surface area contributed by atoms with Crippen LogP contribution in [-0.4, -0.2) is 111 Å². The molecule has 1 aliphatic carbocycles. The van der Waals surface area contributed by atoms with Gasteiger partial charge in [-0.25, -0.2) is 15.0 Å². The number of imidazole rings is 1. The summed E-state index contributed by atoms with van der Waals surface area (Å²) in [6.07, 6.45) is 1.51. The van der Waals surface area contributed by atoms with Gasteiger partial charge in [-0.2, -0.15) is 0 Å². The SMILES string of the molecule is COc1cc(CN2CC3CC(N(C[C@H]4O[C@@H](n5cnc6c(N)ncnc65)[C@H](O)[C@@H]4O)C(C)C)CC3C2)cc(OC)c1OC. The zero-order chi connectivity index (χ0) is 30.4. The van der Waals surface area contributed by atoms with E-state index in [1.54, 1.807) is 25.9 Å². The lowest BCUT2D eigenvalue weighted by Crippen LogP contribution is -2.47. The lowest BCUT2D eigenvalue weighted by molar-refractivity contribution is -0.0521. The van der Waals surface area contributed by atoms with Gasteiger partial charge in [0.05, 0.1) is 27.7 Å². The van der Waals surface area contributed by atoms with Gasteiger partial charge in [0.1, 0.15) is 30.2 Å². The highest BCUT2D eigenvalue weighted by Gasteiger charge is 2.48. The molecular formula is C30H43N7O6. The van der Waals surface area contributed by atoms with E-state index in [0.717, 1.165) is 38.0 Å². The summed E-state index contributed by atoms with van der Waals surface area (Å²) in [4.78, 5) is 17.5. The van der Waals surface area contributed by atoms with E-state index in [1.165, 1.54) is 12.7 Å². The van der Waals surface area contributed by atoms with Crippen molar-refractivity contribution in [2.24, 2.45) is 11.8 Å². The molecule has 1 saturated carbocycles. The molecular weight excluding hydrogens is 554 g/mol. The zero-order valence-corrected chi connectivity index (χ0v) is 25.5. The highest BCUT2D eigenvalue weighted by Crippen LogP contribution is 2.43. The highest BCUT2D eigenvalue weighted by atomic mass is 16.6. The van der Waals surface area contributed by atoms with Gasteiger partial charge in [0.15, 0.2) is 29.2 Å². The number of aromatic nitrogens is 4. The number of aliphatic hydroxyl groups is 2. The molecule has 13 nitrogen and oxygen atoms in total. The number of benzene rings is 1. The molecule has 0 spiro atoms. The first kappa shape index (κ1) is 29.8. The summed E-state index contributed by atoms with van der Waals surface area (Å²) in [7, 11) is 4.90. The fourth-order valence-electron chi connectivity index (χ4n) is 7.41. The van der Waals surface area contributed by atoms with Gasteiger partial charge in [0.2, 0.25) is 5.75 Å². The van der Waals surface area contributed by atoms with Gasteiger partial charge >= 0.3 is 0 Å². The molecule has 3 aromatic rings. The van der Waals surface area contributed by atoms with E-state index in [4.69, 9.17) is 24.7 Å². The Labute approximate surface area is 251 Å². The van der Waals surface area contributed by atoms with E-state index in [-0.39, 0.29) is 11.9 Å². The summed E-state index contributed by atoms with van der Waals surface area (Å²) >= 11 is 0. The molecule has 3 fully saturated rings. The maximum absolute atomic E-state index is 11.0. The monoisotopic (exact) mass is 597 g/mol. The third-order valence-electron chi connectivity index (χ3n) is 9.45. The molecule has 0 amide bonds. The largest absolute Gasteiger partial charge is 0.493 e. The van der Waals surface area contributed by atoms with E-state index >= 15 is 0 Å². The number of likely N-dealkylation sites (tertiary alicyclic amines) is 1. The molecule has 6 rings (SSSR count). The number of hydrogen-bond acceptors (Lipinski definition) is 12. The minimum Gasteiger partial charge on any atom is -0.493 e. The van der Waals surface area contributed by atoms with Gasteiger partial charge < -0.3 is 34.9 Å². The molecule has 3 aliphatic rings. The molecule has 2 aliphatic heterocycles. The predicted molar refractivity (Wildman–Crippen MR) is 159 cm³/mol. The molecule has 0 radical (unpaired) electrons. The number of methoxy groups -OCH3 is 3.